The summed E-state index contributed by atoms with van der Waals surface area (Å²) in [6.45, 7) is 0. The number of hydrogen-bond donors (Lipinski definition) is 4. The van der Waals surface area contributed by atoms with Crippen LogP contribution in [0.3, 0.4) is 0 Å². The summed E-state index contributed by atoms with van der Waals surface area (Å²) in [6, 6.07) is 6.39. The molecular weight excluding hydrogens is 242 g/mol. The van der Waals surface area contributed by atoms with Gasteiger partial charge >= 0.3 is 5.97 Å². The van der Waals surface area contributed by atoms with Gasteiger partial charge in [0.1, 0.15) is 5.75 Å². The number of carbonyl (C=O) groups is 2. The maximum absolute atomic E-state index is 11.5. The van der Waals surface area contributed by atoms with Gasteiger partial charge in [-0.1, -0.05) is 12.1 Å². The summed E-state index contributed by atoms with van der Waals surface area (Å²) in [5.74, 6) is -2.37. The first kappa shape index (κ1) is 13.9. The van der Waals surface area contributed by atoms with Gasteiger partial charge in [0.05, 0.1) is 12.8 Å². The molecule has 0 aliphatic carbocycles. The summed E-state index contributed by atoms with van der Waals surface area (Å²) in [5, 5.41) is 29.0. The quantitative estimate of drug-likeness (QED) is 0.560. The number of hydrogen-bond acceptors (Lipinski definition) is 5. The Hall–Kier alpha value is -2.12. The van der Waals surface area contributed by atoms with Crippen molar-refractivity contribution >= 4 is 17.6 Å². The first-order valence-electron chi connectivity index (χ1n) is 5.00. The van der Waals surface area contributed by atoms with Crippen LogP contribution in [0.2, 0.25) is 0 Å². The van der Waals surface area contributed by atoms with Gasteiger partial charge in [0.15, 0.2) is 12.2 Å². The lowest BCUT2D eigenvalue weighted by molar-refractivity contribution is -0.156. The second kappa shape index (κ2) is 5.99. The second-order valence-electron chi connectivity index (χ2n) is 3.42. The van der Waals surface area contributed by atoms with E-state index in [4.69, 9.17) is 14.9 Å². The maximum Gasteiger partial charge on any atom is 0.335 e. The summed E-state index contributed by atoms with van der Waals surface area (Å²) in [6.07, 6.45) is -4.24. The molecule has 7 heteroatoms. The number of aliphatic carboxylic acids is 1. The highest BCUT2D eigenvalue weighted by atomic mass is 16.5. The Balaban J connectivity index is 2.78. The largest absolute Gasteiger partial charge is 0.495 e. The molecule has 18 heavy (non-hydrogen) atoms. The van der Waals surface area contributed by atoms with Crippen molar-refractivity contribution in [3.8, 4) is 5.75 Å². The highest BCUT2D eigenvalue weighted by Gasteiger charge is 2.30. The van der Waals surface area contributed by atoms with Gasteiger partial charge in [0, 0.05) is 0 Å². The molecule has 1 aromatic rings. The van der Waals surface area contributed by atoms with Crippen LogP contribution in [-0.4, -0.2) is 46.5 Å². The van der Waals surface area contributed by atoms with Crippen molar-refractivity contribution in [2.24, 2.45) is 0 Å². The maximum atomic E-state index is 11.5. The zero-order valence-corrected chi connectivity index (χ0v) is 9.53. The Morgan fingerprint density at radius 3 is 2.39 bits per heavy atom. The fourth-order valence-corrected chi connectivity index (χ4v) is 1.23. The number of benzene rings is 1. The van der Waals surface area contributed by atoms with Gasteiger partial charge in [-0.15, -0.1) is 0 Å². The molecule has 0 bridgehead atoms. The van der Waals surface area contributed by atoms with Crippen molar-refractivity contribution in [1.29, 1.82) is 0 Å². The first-order valence-corrected chi connectivity index (χ1v) is 5.00. The number of amides is 1. The molecule has 0 aliphatic heterocycles. The van der Waals surface area contributed by atoms with Gasteiger partial charge in [0.2, 0.25) is 0 Å². The summed E-state index contributed by atoms with van der Waals surface area (Å²) in [4.78, 5) is 21.9. The number of methoxy groups -OCH3 is 1. The number of ether oxygens (including phenoxy) is 1. The fraction of sp³-hybridized carbons (Fsp3) is 0.273. The molecule has 0 fully saturated rings. The Kier molecular flexibility index (Phi) is 4.64. The number of aliphatic hydroxyl groups is 2. The van der Waals surface area contributed by atoms with E-state index in [-0.39, 0.29) is 5.69 Å². The van der Waals surface area contributed by atoms with Crippen LogP contribution in [0.15, 0.2) is 24.3 Å². The van der Waals surface area contributed by atoms with Gasteiger partial charge in [-0.25, -0.2) is 4.79 Å². The zero-order valence-electron chi connectivity index (χ0n) is 9.53. The number of rotatable bonds is 5. The lowest BCUT2D eigenvalue weighted by atomic mass is 10.2. The normalized spacial score (nSPS) is 13.5. The lowest BCUT2D eigenvalue weighted by Crippen LogP contribution is -2.42. The highest BCUT2D eigenvalue weighted by molar-refractivity contribution is 5.98. The first-order chi connectivity index (χ1) is 8.47. The van der Waals surface area contributed by atoms with Crippen LogP contribution in [0.1, 0.15) is 0 Å². The van der Waals surface area contributed by atoms with E-state index in [1.54, 1.807) is 18.2 Å². The summed E-state index contributed by atoms with van der Waals surface area (Å²) < 4.78 is 4.96. The molecule has 1 amide bonds. The molecule has 4 N–H and O–H groups in total. The van der Waals surface area contributed by atoms with Crippen LogP contribution >= 0.6 is 0 Å². The van der Waals surface area contributed by atoms with Gasteiger partial charge in [-0.2, -0.15) is 0 Å². The molecule has 0 heterocycles. The molecule has 98 valence electrons. The Morgan fingerprint density at radius 1 is 1.22 bits per heavy atom. The van der Waals surface area contributed by atoms with Crippen LogP contribution in [0.4, 0.5) is 5.69 Å². The molecule has 1 rings (SSSR count). The smallest absolute Gasteiger partial charge is 0.335 e. The van der Waals surface area contributed by atoms with E-state index in [1.165, 1.54) is 13.2 Å². The minimum atomic E-state index is -2.18. The number of para-hydroxylation sites is 2. The van der Waals surface area contributed by atoms with E-state index >= 15 is 0 Å². The minimum absolute atomic E-state index is 0.265. The van der Waals surface area contributed by atoms with Crippen molar-refractivity contribution in [3.05, 3.63) is 24.3 Å². The Morgan fingerprint density at radius 2 is 1.83 bits per heavy atom. The number of nitrogens with one attached hydrogen (secondary N) is 1. The molecule has 0 aliphatic rings. The van der Waals surface area contributed by atoms with Crippen LogP contribution in [0.5, 0.6) is 5.75 Å². The van der Waals surface area contributed by atoms with Crippen molar-refractivity contribution in [2.75, 3.05) is 12.4 Å². The van der Waals surface area contributed by atoms with Gasteiger partial charge in [-0.05, 0) is 12.1 Å². The molecule has 0 aromatic heterocycles. The molecule has 2 atom stereocenters. The van der Waals surface area contributed by atoms with Crippen molar-refractivity contribution in [3.63, 3.8) is 0 Å². The molecule has 0 saturated heterocycles. The van der Waals surface area contributed by atoms with Crippen molar-refractivity contribution in [1.82, 2.24) is 0 Å². The lowest BCUT2D eigenvalue weighted by Gasteiger charge is -2.15. The molecule has 0 saturated carbocycles. The van der Waals surface area contributed by atoms with Gasteiger partial charge in [-0.3, -0.25) is 4.79 Å². The van der Waals surface area contributed by atoms with E-state index in [9.17, 15) is 14.7 Å². The van der Waals surface area contributed by atoms with E-state index in [2.05, 4.69) is 5.32 Å². The second-order valence-corrected chi connectivity index (χ2v) is 3.42. The van der Waals surface area contributed by atoms with E-state index in [0.717, 1.165) is 0 Å². The van der Waals surface area contributed by atoms with Crippen LogP contribution in [0, 0.1) is 0 Å². The van der Waals surface area contributed by atoms with Gasteiger partial charge in [0.25, 0.3) is 5.91 Å². The summed E-state index contributed by atoms with van der Waals surface area (Å²) in [7, 11) is 1.40. The number of carbonyl (C=O) groups excluding carboxylic acids is 1. The number of aliphatic hydroxyl groups excluding tert-OH is 2. The van der Waals surface area contributed by atoms with Crippen molar-refractivity contribution < 1.29 is 29.6 Å². The Bertz CT molecular complexity index is 447. The molecule has 0 radical (unpaired) electrons. The third kappa shape index (κ3) is 3.19. The SMILES string of the molecule is COc1ccccc1NC(=O)[C@@H](O)[C@@H](O)C(=O)O. The topological polar surface area (TPSA) is 116 Å². The third-order valence-corrected chi connectivity index (χ3v) is 2.19. The Labute approximate surface area is 103 Å². The fourth-order valence-electron chi connectivity index (χ4n) is 1.23. The average molecular weight is 255 g/mol. The number of carboxylic acids is 1. The third-order valence-electron chi connectivity index (χ3n) is 2.19. The summed E-state index contributed by atoms with van der Waals surface area (Å²) in [5.41, 5.74) is 0.265. The summed E-state index contributed by atoms with van der Waals surface area (Å²) >= 11 is 0. The molecule has 7 nitrogen and oxygen atoms in total. The van der Waals surface area contributed by atoms with Crippen molar-refractivity contribution in [2.45, 2.75) is 12.2 Å². The van der Waals surface area contributed by atoms with E-state index in [1.807, 2.05) is 0 Å². The zero-order chi connectivity index (χ0) is 13.7. The standard InChI is InChI=1S/C11H13NO6/c1-18-7-5-3-2-4-6(7)12-10(15)8(13)9(14)11(16)17/h2-5,8-9,13-14H,1H3,(H,12,15)(H,16,17)/t8-,9+/m0/s1. The number of anilines is 1. The van der Waals surface area contributed by atoms with Crippen LogP contribution < -0.4 is 10.1 Å². The monoisotopic (exact) mass is 255 g/mol. The predicted molar refractivity (Wildman–Crippen MR) is 61.3 cm³/mol. The van der Waals surface area contributed by atoms with Crippen LogP contribution in [-0.2, 0) is 9.59 Å². The number of carboxylic acid groups (broad SMARTS) is 1. The minimum Gasteiger partial charge on any atom is -0.495 e. The predicted octanol–water partition coefficient (Wildman–Crippen LogP) is -0.560. The van der Waals surface area contributed by atoms with E-state index < -0.39 is 24.1 Å². The van der Waals surface area contributed by atoms with E-state index in [0.29, 0.717) is 5.75 Å². The highest BCUT2D eigenvalue weighted by Crippen LogP contribution is 2.23. The molecule has 1 aromatic carbocycles. The average Bonchev–Trinajstić information content (AvgIpc) is 2.37. The molecule has 0 spiro atoms. The molecular formula is C11H13NO6. The molecule has 0 unspecified atom stereocenters. The van der Waals surface area contributed by atoms with Gasteiger partial charge < -0.3 is 25.4 Å². The van der Waals surface area contributed by atoms with Crippen LogP contribution in [0.25, 0.3) is 0 Å².